The molecule has 2 aromatic carbocycles. The number of anilines is 1. The molecule has 1 aliphatic carbocycles. The molecule has 1 N–H and O–H groups in total. The number of ether oxygens (including phenoxy) is 3. The summed E-state index contributed by atoms with van der Waals surface area (Å²) >= 11 is 1.47. The largest absolute Gasteiger partial charge is 0.497 e. The highest BCUT2D eigenvalue weighted by atomic mass is 32.1. The molecule has 8 nitrogen and oxygen atoms in total. The van der Waals surface area contributed by atoms with Crippen molar-refractivity contribution in [2.24, 2.45) is 0 Å². The van der Waals surface area contributed by atoms with Crippen molar-refractivity contribution in [3.05, 3.63) is 69.9 Å². The van der Waals surface area contributed by atoms with Crippen LogP contribution in [0.2, 0.25) is 0 Å². The first kappa shape index (κ1) is 26.7. The SMILES string of the molecule is COc1ccc(C(C(=O)NC2CCCCC2)N(C(=O)Cc2cccs2)c2cc3c(cc2C(C)=O)OCO3)cc1. The number of carbonyl (C=O) groups is 3. The highest BCUT2D eigenvalue weighted by Gasteiger charge is 2.37. The van der Waals surface area contributed by atoms with E-state index in [4.69, 9.17) is 14.2 Å². The summed E-state index contributed by atoms with van der Waals surface area (Å²) in [5, 5.41) is 5.12. The first-order valence-corrected chi connectivity index (χ1v) is 14.1. The summed E-state index contributed by atoms with van der Waals surface area (Å²) in [4.78, 5) is 43.5. The number of ketones is 1. The zero-order chi connectivity index (χ0) is 27.4. The van der Waals surface area contributed by atoms with E-state index in [1.807, 2.05) is 17.5 Å². The highest BCUT2D eigenvalue weighted by Crippen LogP contribution is 2.42. The van der Waals surface area contributed by atoms with Gasteiger partial charge in [-0.1, -0.05) is 37.5 Å². The Morgan fingerprint density at radius 3 is 2.41 bits per heavy atom. The van der Waals surface area contributed by atoms with Gasteiger partial charge in [0.2, 0.25) is 18.6 Å². The number of amides is 2. The van der Waals surface area contributed by atoms with Crippen LogP contribution >= 0.6 is 11.3 Å². The molecule has 3 aromatic rings. The maximum atomic E-state index is 14.2. The fourth-order valence-electron chi connectivity index (χ4n) is 5.21. The number of fused-ring (bicyclic) bond motifs is 1. The van der Waals surface area contributed by atoms with Gasteiger partial charge >= 0.3 is 0 Å². The molecule has 2 aliphatic rings. The lowest BCUT2D eigenvalue weighted by Crippen LogP contribution is -2.48. The van der Waals surface area contributed by atoms with Crippen LogP contribution in [0.15, 0.2) is 53.9 Å². The average molecular weight is 549 g/mol. The molecule has 5 rings (SSSR count). The first-order valence-electron chi connectivity index (χ1n) is 13.2. The molecular weight excluding hydrogens is 516 g/mol. The lowest BCUT2D eigenvalue weighted by molar-refractivity contribution is -0.127. The minimum Gasteiger partial charge on any atom is -0.497 e. The van der Waals surface area contributed by atoms with Crippen LogP contribution in [0.4, 0.5) is 5.69 Å². The second-order valence-electron chi connectivity index (χ2n) is 9.82. The molecule has 0 bridgehead atoms. The number of nitrogens with one attached hydrogen (secondary N) is 1. The number of Topliss-reactive ketones (excluding diaryl/α,β-unsaturated/α-hetero) is 1. The molecule has 39 heavy (non-hydrogen) atoms. The molecule has 9 heteroatoms. The Bertz CT molecular complexity index is 1330. The molecule has 1 unspecified atom stereocenters. The van der Waals surface area contributed by atoms with Crippen LogP contribution in [-0.2, 0) is 16.0 Å². The van der Waals surface area contributed by atoms with Crippen molar-refractivity contribution < 1.29 is 28.6 Å². The van der Waals surface area contributed by atoms with Crippen LogP contribution < -0.4 is 24.4 Å². The van der Waals surface area contributed by atoms with E-state index in [-0.39, 0.29) is 42.4 Å². The third-order valence-electron chi connectivity index (χ3n) is 7.19. The molecule has 0 spiro atoms. The zero-order valence-corrected chi connectivity index (χ0v) is 22.9. The lowest BCUT2D eigenvalue weighted by atomic mass is 9.94. The highest BCUT2D eigenvalue weighted by molar-refractivity contribution is 7.10. The van der Waals surface area contributed by atoms with Crippen LogP contribution in [0.5, 0.6) is 17.2 Å². The van der Waals surface area contributed by atoms with Crippen molar-refractivity contribution in [2.75, 3.05) is 18.8 Å². The number of thiophene rings is 1. The summed E-state index contributed by atoms with van der Waals surface area (Å²) in [6.07, 6.45) is 5.12. The van der Waals surface area contributed by atoms with Crippen LogP contribution in [0.1, 0.15) is 65.9 Å². The fraction of sp³-hybridized carbons (Fsp3) is 0.367. The number of methoxy groups -OCH3 is 1. The minimum atomic E-state index is -1.02. The first-order chi connectivity index (χ1) is 18.9. The lowest BCUT2D eigenvalue weighted by Gasteiger charge is -2.34. The van der Waals surface area contributed by atoms with Crippen molar-refractivity contribution in [1.29, 1.82) is 0 Å². The van der Waals surface area contributed by atoms with Crippen LogP contribution in [0.25, 0.3) is 0 Å². The third-order valence-corrected chi connectivity index (χ3v) is 8.07. The number of rotatable bonds is 9. The Kier molecular flexibility index (Phi) is 8.16. The van der Waals surface area contributed by atoms with Gasteiger partial charge in [-0.15, -0.1) is 11.3 Å². The van der Waals surface area contributed by atoms with Gasteiger partial charge in [0, 0.05) is 22.5 Å². The van der Waals surface area contributed by atoms with Gasteiger partial charge in [0.15, 0.2) is 17.3 Å². The van der Waals surface area contributed by atoms with Crippen molar-refractivity contribution in [1.82, 2.24) is 5.32 Å². The quantitative estimate of drug-likeness (QED) is 0.357. The Balaban J connectivity index is 1.64. The van der Waals surface area contributed by atoms with Gasteiger partial charge in [-0.05, 0) is 55.0 Å². The molecule has 2 amide bonds. The summed E-state index contributed by atoms with van der Waals surface area (Å²) in [6.45, 7) is 1.46. The van der Waals surface area contributed by atoms with Gasteiger partial charge in [-0.2, -0.15) is 0 Å². The monoisotopic (exact) mass is 548 g/mol. The van der Waals surface area contributed by atoms with Gasteiger partial charge in [-0.25, -0.2) is 0 Å². The van der Waals surface area contributed by atoms with Gasteiger partial charge < -0.3 is 19.5 Å². The van der Waals surface area contributed by atoms with E-state index in [0.717, 1.165) is 37.0 Å². The maximum Gasteiger partial charge on any atom is 0.248 e. The molecule has 1 atom stereocenters. The second-order valence-corrected chi connectivity index (χ2v) is 10.9. The van der Waals surface area contributed by atoms with E-state index >= 15 is 0 Å². The van der Waals surface area contributed by atoms with Crippen molar-refractivity contribution in [3.63, 3.8) is 0 Å². The van der Waals surface area contributed by atoms with Crippen molar-refractivity contribution in [3.8, 4) is 17.2 Å². The van der Waals surface area contributed by atoms with Crippen LogP contribution in [-0.4, -0.2) is 37.5 Å². The molecule has 2 heterocycles. The average Bonchev–Trinajstić information content (AvgIpc) is 3.63. The normalized spacial score (nSPS) is 15.4. The summed E-state index contributed by atoms with van der Waals surface area (Å²) in [5.41, 5.74) is 1.20. The maximum absolute atomic E-state index is 14.2. The van der Waals surface area contributed by atoms with Gasteiger partial charge in [0.25, 0.3) is 0 Å². The number of nitrogens with zero attached hydrogens (tertiary/aromatic N) is 1. The van der Waals surface area contributed by atoms with Crippen LogP contribution in [0, 0.1) is 0 Å². The topological polar surface area (TPSA) is 94.2 Å². The van der Waals surface area contributed by atoms with Gasteiger partial charge in [0.05, 0.1) is 19.2 Å². The van der Waals surface area contributed by atoms with Gasteiger partial charge in [-0.3, -0.25) is 19.3 Å². The summed E-state index contributed by atoms with van der Waals surface area (Å²) in [5.74, 6) is 0.636. The molecule has 204 valence electrons. The number of hydrogen-bond acceptors (Lipinski definition) is 7. The molecule has 1 aliphatic heterocycles. The van der Waals surface area contributed by atoms with Crippen molar-refractivity contribution in [2.45, 2.75) is 57.5 Å². The van der Waals surface area contributed by atoms with E-state index in [2.05, 4.69) is 5.32 Å². The Hall–Kier alpha value is -3.85. The summed E-state index contributed by atoms with van der Waals surface area (Å²) < 4.78 is 16.5. The van der Waals surface area contributed by atoms with E-state index in [9.17, 15) is 14.4 Å². The fourth-order valence-corrected chi connectivity index (χ4v) is 5.90. The summed E-state index contributed by atoms with van der Waals surface area (Å²) in [7, 11) is 1.57. The molecule has 0 radical (unpaired) electrons. The van der Waals surface area contributed by atoms with Crippen LogP contribution in [0.3, 0.4) is 0 Å². The number of carbonyl (C=O) groups excluding carboxylic acids is 3. The number of hydrogen-bond donors (Lipinski definition) is 1. The Labute approximate surface area is 231 Å². The van der Waals surface area contributed by atoms with Gasteiger partial charge in [0.1, 0.15) is 11.8 Å². The van der Waals surface area contributed by atoms with E-state index < -0.39 is 6.04 Å². The van der Waals surface area contributed by atoms with E-state index in [1.165, 1.54) is 23.2 Å². The molecule has 1 aromatic heterocycles. The zero-order valence-electron chi connectivity index (χ0n) is 22.1. The standard InChI is InChI=1S/C30H32N2O6S/c1-19(33)24-16-26-27(38-18-37-26)17-25(24)32(28(34)15-23-9-6-14-39-23)29(20-10-12-22(36-2)13-11-20)30(35)31-21-7-4-3-5-8-21/h6,9-14,16-17,21,29H,3-5,7-8,15,18H2,1-2H3,(H,31,35). The minimum absolute atomic E-state index is 0.0172. The molecular formula is C30H32N2O6S. The number of benzene rings is 2. The molecule has 1 saturated carbocycles. The van der Waals surface area contributed by atoms with E-state index in [1.54, 1.807) is 43.5 Å². The predicted molar refractivity (Wildman–Crippen MR) is 149 cm³/mol. The Morgan fingerprint density at radius 2 is 1.77 bits per heavy atom. The Morgan fingerprint density at radius 1 is 1.05 bits per heavy atom. The predicted octanol–water partition coefficient (Wildman–Crippen LogP) is 5.45. The molecule has 1 fully saturated rings. The smallest absolute Gasteiger partial charge is 0.248 e. The molecule has 0 saturated heterocycles. The van der Waals surface area contributed by atoms with E-state index in [0.29, 0.717) is 28.5 Å². The van der Waals surface area contributed by atoms with Crippen molar-refractivity contribution >= 4 is 34.6 Å². The third kappa shape index (κ3) is 5.93. The second kappa shape index (κ2) is 11.9. The summed E-state index contributed by atoms with van der Waals surface area (Å²) in [6, 6.07) is 13.1.